The first kappa shape index (κ1) is 58.6. The summed E-state index contributed by atoms with van der Waals surface area (Å²) in [5, 5.41) is 40.6. The number of benzene rings is 2. The summed E-state index contributed by atoms with van der Waals surface area (Å²) in [6.07, 6.45) is 11.2. The van der Waals surface area contributed by atoms with E-state index in [1.807, 2.05) is 28.9 Å². The number of ether oxygens (including phenoxy) is 3. The van der Waals surface area contributed by atoms with Gasteiger partial charge < -0.3 is 60.8 Å². The van der Waals surface area contributed by atoms with E-state index in [1.165, 1.54) is 0 Å². The van der Waals surface area contributed by atoms with Gasteiger partial charge in [-0.1, -0.05) is 81.1 Å². The summed E-state index contributed by atoms with van der Waals surface area (Å²) in [4.78, 5) is 51.5. The van der Waals surface area contributed by atoms with Gasteiger partial charge in [0.2, 0.25) is 29.7 Å². The lowest BCUT2D eigenvalue weighted by Gasteiger charge is -2.38. The van der Waals surface area contributed by atoms with Crippen LogP contribution in [0.25, 0.3) is 0 Å². The number of nitrogens with one attached hydrogen (secondary N) is 1. The zero-order valence-electron chi connectivity index (χ0n) is 44.1. The number of halogens is 1. The summed E-state index contributed by atoms with van der Waals surface area (Å²) in [5.74, 6) is 4.01. The number of nitrogens with zero attached hydrogens (tertiary/aromatic N) is 13. The van der Waals surface area contributed by atoms with Crippen LogP contribution < -0.4 is 26.6 Å². The number of terminal acetylenes is 1. The number of aromatic nitrogens is 9. The van der Waals surface area contributed by atoms with E-state index in [1.54, 1.807) is 58.2 Å². The molecule has 2 amide bonds. The van der Waals surface area contributed by atoms with Crippen LogP contribution in [0, 0.1) is 24.2 Å². The summed E-state index contributed by atoms with van der Waals surface area (Å²) in [6.45, 7) is 14.3. The van der Waals surface area contributed by atoms with E-state index >= 15 is 0 Å². The Balaban J connectivity index is 0.00000937. The molecule has 2 fully saturated rings. The lowest BCUT2D eigenvalue weighted by Crippen LogP contribution is -2.52. The van der Waals surface area contributed by atoms with Gasteiger partial charge in [-0.15, -0.1) is 29.0 Å². The van der Waals surface area contributed by atoms with Crippen molar-refractivity contribution < 1.29 is 34.0 Å². The number of aromatic hydroxyl groups is 2. The van der Waals surface area contributed by atoms with Crippen molar-refractivity contribution in [2.75, 3.05) is 114 Å². The lowest BCUT2D eigenvalue weighted by molar-refractivity contribution is -0.137. The second kappa shape index (κ2) is 29.0. The van der Waals surface area contributed by atoms with Gasteiger partial charge in [0.15, 0.2) is 0 Å². The molecule has 7 rings (SSSR count). The molecule has 76 heavy (non-hydrogen) atoms. The van der Waals surface area contributed by atoms with Crippen molar-refractivity contribution in [2.45, 2.75) is 77.5 Å². The lowest BCUT2D eigenvalue weighted by atomic mass is 9.97. The number of amides is 2. The summed E-state index contributed by atoms with van der Waals surface area (Å²) < 4.78 is 19.9. The van der Waals surface area contributed by atoms with Gasteiger partial charge >= 0.3 is 0 Å². The number of nitrogens with two attached hydrogens (primary N) is 2. The Morgan fingerprint density at radius 1 is 0.671 bits per heavy atom. The molecule has 0 radical (unpaired) electrons. The predicted molar refractivity (Wildman–Crippen MR) is 289 cm³/mol. The number of phenolic OH excluding ortho intramolecular Hbond substituents is 2. The number of carbonyl (C=O) groups is 2. The maximum Gasteiger partial charge on any atom is 0.247 e. The van der Waals surface area contributed by atoms with Gasteiger partial charge in [-0.3, -0.25) is 9.59 Å². The fourth-order valence-corrected chi connectivity index (χ4v) is 8.89. The predicted octanol–water partition coefficient (Wildman–Crippen LogP) is 3.34. The van der Waals surface area contributed by atoms with E-state index in [2.05, 4.69) is 62.4 Å². The first-order valence-electron chi connectivity index (χ1n) is 26.0. The highest BCUT2D eigenvalue weighted by atomic mass is 35.5. The van der Waals surface area contributed by atoms with E-state index in [0.717, 1.165) is 24.0 Å². The van der Waals surface area contributed by atoms with Crippen molar-refractivity contribution >= 4 is 42.1 Å². The largest absolute Gasteiger partial charge is 0.508 e. The van der Waals surface area contributed by atoms with Crippen molar-refractivity contribution in [3.63, 3.8) is 0 Å². The normalized spacial score (nSPS) is 16.3. The minimum absolute atomic E-state index is 0. The monoisotopic (exact) mass is 1070 g/mol. The molecule has 2 aromatic carbocycles. The topological polar surface area (TPSA) is 279 Å². The van der Waals surface area contributed by atoms with Crippen LogP contribution in [0.15, 0.2) is 60.9 Å². The van der Waals surface area contributed by atoms with Crippen molar-refractivity contribution in [2.24, 2.45) is 23.3 Å². The van der Waals surface area contributed by atoms with Gasteiger partial charge in [-0.2, -0.15) is 15.0 Å². The molecule has 1 unspecified atom stereocenters. The fraction of sp³-hybridized carbons (Fsp3) is 0.558. The highest BCUT2D eigenvalue weighted by Crippen LogP contribution is 2.28. The Hall–Kier alpha value is -6.68. The van der Waals surface area contributed by atoms with Crippen molar-refractivity contribution in [3.05, 3.63) is 83.4 Å². The minimum Gasteiger partial charge on any atom is -0.508 e. The van der Waals surface area contributed by atoms with Gasteiger partial charge in [0.25, 0.3) is 0 Å². The summed E-state index contributed by atoms with van der Waals surface area (Å²) in [5.41, 5.74) is 16.1. The number of hydrogen-bond acceptors (Lipinski definition) is 19. The van der Waals surface area contributed by atoms with Crippen LogP contribution in [0.1, 0.15) is 87.2 Å². The molecule has 2 aliphatic rings. The van der Waals surface area contributed by atoms with Crippen molar-refractivity contribution in [1.82, 2.24) is 54.7 Å². The molecule has 2 aliphatic heterocycles. The van der Waals surface area contributed by atoms with Crippen LogP contribution in [0.5, 0.6) is 11.5 Å². The van der Waals surface area contributed by atoms with E-state index < -0.39 is 18.1 Å². The SMILES string of the molecule is C#CCOCCOCCOCCNc1nc(N2CCN(C(=O)[C@H]([C@@H](C)CC)n3cc([C@@H](N)Cc4ccc(O)cc4)nn3)CC2)nc(N2CCN(C(=O)[C@H](Cc3ccc(O)cc3)n3cc([C@@H](N)C(C)CC)nn3)CC2)n1.Cl. The van der Waals surface area contributed by atoms with Crippen LogP contribution in [-0.4, -0.2) is 175 Å². The molecular weight excluding hydrogens is 996 g/mol. The van der Waals surface area contributed by atoms with Crippen LogP contribution in [0.3, 0.4) is 0 Å². The van der Waals surface area contributed by atoms with Gasteiger partial charge in [0.1, 0.15) is 30.2 Å². The second-order valence-electron chi connectivity index (χ2n) is 19.1. The molecule has 24 heteroatoms. The molecule has 5 heterocycles. The maximum absolute atomic E-state index is 14.5. The van der Waals surface area contributed by atoms with E-state index in [0.29, 0.717) is 134 Å². The minimum atomic E-state index is -0.701. The molecular formula is C52H75ClN16O7. The summed E-state index contributed by atoms with van der Waals surface area (Å²) >= 11 is 0. The summed E-state index contributed by atoms with van der Waals surface area (Å²) in [7, 11) is 0. The smallest absolute Gasteiger partial charge is 0.247 e. The Morgan fingerprint density at radius 3 is 1.74 bits per heavy atom. The number of phenols is 2. The molecule has 2 saturated heterocycles. The first-order valence-corrected chi connectivity index (χ1v) is 26.0. The Morgan fingerprint density at radius 2 is 1.17 bits per heavy atom. The van der Waals surface area contributed by atoms with Gasteiger partial charge in [-0.05, 0) is 53.6 Å². The third-order valence-electron chi connectivity index (χ3n) is 13.9. The molecule has 7 N–H and O–H groups in total. The average Bonchev–Trinajstić information content (AvgIpc) is 4.14. The summed E-state index contributed by atoms with van der Waals surface area (Å²) in [6, 6.07) is 11.7. The average molecular weight is 1070 g/mol. The van der Waals surface area contributed by atoms with E-state index in [-0.39, 0.29) is 60.2 Å². The van der Waals surface area contributed by atoms with Gasteiger partial charge in [0, 0.05) is 65.3 Å². The highest BCUT2D eigenvalue weighted by Gasteiger charge is 2.35. The molecule has 0 aliphatic carbocycles. The van der Waals surface area contributed by atoms with Crippen LogP contribution in [-0.2, 0) is 36.6 Å². The molecule has 0 saturated carbocycles. The van der Waals surface area contributed by atoms with Crippen LogP contribution in [0.2, 0.25) is 0 Å². The number of hydrogen-bond donors (Lipinski definition) is 5. The molecule has 412 valence electrons. The van der Waals surface area contributed by atoms with Crippen LogP contribution >= 0.6 is 12.4 Å². The third kappa shape index (κ3) is 15.9. The molecule has 0 bridgehead atoms. The quantitative estimate of drug-likeness (QED) is 0.0372. The molecule has 6 atom stereocenters. The molecule has 3 aromatic heterocycles. The van der Waals surface area contributed by atoms with Crippen LogP contribution in [0.4, 0.5) is 17.8 Å². The van der Waals surface area contributed by atoms with Crippen molar-refractivity contribution in [1.29, 1.82) is 0 Å². The Bertz CT molecular complexity index is 2600. The van der Waals surface area contributed by atoms with E-state index in [4.69, 9.17) is 47.1 Å². The second-order valence-corrected chi connectivity index (χ2v) is 19.1. The first-order chi connectivity index (χ1) is 36.3. The number of carbonyl (C=O) groups excluding carboxylic acids is 2. The number of rotatable bonds is 27. The zero-order valence-corrected chi connectivity index (χ0v) is 44.9. The standard InChI is InChI=1S/C52H74N16O7.ClH/c1-6-26-73-28-30-75-31-29-74-27-17-55-50-56-51(65-22-18-63(19-23-65)48(71)45(33-39-11-15-41(70)16-12-39)67-35-44(60-61-67)46(54)36(4)7-2)58-52(57-50)66-24-20-64(21-25-66)49(72)47(37(5)8-3)68-34-43(59-62-68)42(53)32-38-9-13-40(69)14-10-38;/h1,9-16,34-37,42,45-47,69-70H,7-8,17-33,53-54H2,2-5H3,(H,55,56,57,58);1H/t36?,37-,42-,45-,46-,47-;/m0./s1. The maximum atomic E-state index is 14.5. The van der Waals surface area contributed by atoms with Crippen molar-refractivity contribution in [3.8, 4) is 23.8 Å². The number of anilines is 3. The number of piperazine rings is 2. The third-order valence-corrected chi connectivity index (χ3v) is 13.9. The van der Waals surface area contributed by atoms with Gasteiger partial charge in [-0.25, -0.2) is 9.36 Å². The molecule has 23 nitrogen and oxygen atoms in total. The van der Waals surface area contributed by atoms with E-state index in [9.17, 15) is 19.8 Å². The molecule has 5 aromatic rings. The zero-order chi connectivity index (χ0) is 53.3. The highest BCUT2D eigenvalue weighted by molar-refractivity contribution is 5.85. The molecule has 0 spiro atoms. The van der Waals surface area contributed by atoms with Gasteiger partial charge in [0.05, 0.1) is 68.9 Å². The Labute approximate surface area is 451 Å². The fourth-order valence-electron chi connectivity index (χ4n) is 8.89. The Kier molecular flexibility index (Phi) is 22.4.